The number of nitrogens with one attached hydrogen (secondary N) is 2. The zero-order chi connectivity index (χ0) is 20.3. The van der Waals surface area contributed by atoms with Crippen LogP contribution in [0.3, 0.4) is 0 Å². The lowest BCUT2D eigenvalue weighted by Crippen LogP contribution is -2.51. The van der Waals surface area contributed by atoms with Gasteiger partial charge in [-0.1, -0.05) is 51.8 Å². The number of alkyl halides is 3. The molecule has 0 radical (unpaired) electrons. The minimum absolute atomic E-state index is 0.124. The van der Waals surface area contributed by atoms with E-state index in [1.807, 2.05) is 20.8 Å². The van der Waals surface area contributed by atoms with E-state index in [0.29, 0.717) is 23.5 Å². The van der Waals surface area contributed by atoms with Crippen LogP contribution in [0.4, 0.5) is 13.2 Å². The molecule has 1 aliphatic rings. The van der Waals surface area contributed by atoms with E-state index in [1.165, 1.54) is 6.08 Å². The largest absolute Gasteiger partial charge is 0.410 e. The van der Waals surface area contributed by atoms with Crippen molar-refractivity contribution >= 4 is 0 Å². The maximum Gasteiger partial charge on any atom is 0.410 e. The van der Waals surface area contributed by atoms with E-state index in [9.17, 15) is 13.2 Å². The minimum Gasteiger partial charge on any atom is -0.399 e. The molecule has 0 aliphatic carbocycles. The molecule has 0 amide bonds. The first-order chi connectivity index (χ1) is 12.3. The summed E-state index contributed by atoms with van der Waals surface area (Å²) in [6.07, 6.45) is 0.443. The molecule has 148 valence electrons. The molecule has 0 spiro atoms. The fourth-order valence-corrected chi connectivity index (χ4v) is 2.51. The van der Waals surface area contributed by atoms with Gasteiger partial charge in [0.2, 0.25) is 0 Å². The van der Waals surface area contributed by atoms with E-state index in [4.69, 9.17) is 5.73 Å². The fourth-order valence-electron chi connectivity index (χ4n) is 2.51. The Balaban J connectivity index is 0.00000301. The molecule has 1 aliphatic heterocycles. The zero-order valence-electron chi connectivity index (χ0n) is 15.9. The summed E-state index contributed by atoms with van der Waals surface area (Å²) in [4.78, 5) is 0. The SMILES string of the molecule is C=C/C=C(\C=C)CCC(N1NCC(C(=C)N)=C1NCC)C(F)(F)F.CC. The summed E-state index contributed by atoms with van der Waals surface area (Å²) in [5, 5.41) is 4.07. The van der Waals surface area contributed by atoms with Crippen LogP contribution in [-0.2, 0) is 0 Å². The Hall–Kier alpha value is -2.15. The van der Waals surface area contributed by atoms with Gasteiger partial charge in [-0.3, -0.25) is 5.01 Å². The van der Waals surface area contributed by atoms with Gasteiger partial charge in [0.25, 0.3) is 0 Å². The summed E-state index contributed by atoms with van der Waals surface area (Å²) < 4.78 is 40.8. The van der Waals surface area contributed by atoms with Crippen molar-refractivity contribution in [3.63, 3.8) is 0 Å². The number of hydrazine groups is 1. The van der Waals surface area contributed by atoms with Crippen molar-refractivity contribution in [3.05, 3.63) is 60.6 Å². The highest BCUT2D eigenvalue weighted by molar-refractivity contribution is 5.34. The average molecular weight is 372 g/mol. The number of allylic oxidation sites excluding steroid dienone is 4. The lowest BCUT2D eigenvalue weighted by molar-refractivity contribution is -0.186. The third-order valence-electron chi connectivity index (χ3n) is 3.67. The van der Waals surface area contributed by atoms with E-state index in [0.717, 1.165) is 5.01 Å². The van der Waals surface area contributed by atoms with Crippen molar-refractivity contribution < 1.29 is 13.2 Å². The summed E-state index contributed by atoms with van der Waals surface area (Å²) in [5.41, 5.74) is 9.98. The Labute approximate surface area is 155 Å². The van der Waals surface area contributed by atoms with Crippen LogP contribution in [0.15, 0.2) is 60.6 Å². The molecule has 0 fully saturated rings. The maximum absolute atomic E-state index is 13.6. The molecule has 0 aromatic heterocycles. The monoisotopic (exact) mass is 372 g/mol. The van der Waals surface area contributed by atoms with Crippen LogP contribution in [0, 0.1) is 0 Å². The molecule has 0 saturated heterocycles. The van der Waals surface area contributed by atoms with Crippen molar-refractivity contribution in [3.8, 4) is 0 Å². The van der Waals surface area contributed by atoms with Gasteiger partial charge in [0, 0.05) is 24.4 Å². The van der Waals surface area contributed by atoms with Crippen molar-refractivity contribution in [2.75, 3.05) is 13.1 Å². The first kappa shape index (κ1) is 23.9. The van der Waals surface area contributed by atoms with E-state index < -0.39 is 12.2 Å². The summed E-state index contributed by atoms with van der Waals surface area (Å²) in [5.74, 6) is 0.333. The standard InChI is InChI=1S/C17H25F3N4.C2H6/c1-5-8-13(6-2)9-10-15(17(18,19)20)24-16(22-7-3)14(11-23-24)12(4)21;1-2/h5-6,8,15,22-23H,1-2,4,7,9-11,21H2,3H3;1-2H3/b13-8+;. The van der Waals surface area contributed by atoms with E-state index in [1.54, 1.807) is 12.2 Å². The highest BCUT2D eigenvalue weighted by atomic mass is 19.4. The van der Waals surface area contributed by atoms with Gasteiger partial charge in [0.15, 0.2) is 0 Å². The normalized spacial score (nSPS) is 15.9. The van der Waals surface area contributed by atoms with Gasteiger partial charge < -0.3 is 11.1 Å². The van der Waals surface area contributed by atoms with Gasteiger partial charge in [0.1, 0.15) is 11.9 Å². The third-order valence-corrected chi connectivity index (χ3v) is 3.67. The molecule has 0 saturated carbocycles. The molecule has 1 heterocycles. The molecule has 26 heavy (non-hydrogen) atoms. The lowest BCUT2D eigenvalue weighted by atomic mass is 10.0. The average Bonchev–Trinajstić information content (AvgIpc) is 2.99. The van der Waals surface area contributed by atoms with Gasteiger partial charge in [-0.15, -0.1) is 0 Å². The molecule has 0 aromatic carbocycles. The van der Waals surface area contributed by atoms with E-state index in [-0.39, 0.29) is 25.1 Å². The second-order valence-corrected chi connectivity index (χ2v) is 5.37. The van der Waals surface area contributed by atoms with Crippen LogP contribution >= 0.6 is 0 Å². The number of nitrogens with two attached hydrogens (primary N) is 1. The first-order valence-corrected chi connectivity index (χ1v) is 8.71. The second kappa shape index (κ2) is 11.5. The second-order valence-electron chi connectivity index (χ2n) is 5.37. The summed E-state index contributed by atoms with van der Waals surface area (Å²) in [6, 6.07) is -1.70. The maximum atomic E-state index is 13.6. The van der Waals surface area contributed by atoms with Gasteiger partial charge >= 0.3 is 6.18 Å². The predicted octanol–water partition coefficient (Wildman–Crippen LogP) is 4.14. The number of hydrogen-bond donors (Lipinski definition) is 3. The highest BCUT2D eigenvalue weighted by Gasteiger charge is 2.46. The van der Waals surface area contributed by atoms with Crippen molar-refractivity contribution in [2.24, 2.45) is 5.73 Å². The van der Waals surface area contributed by atoms with Gasteiger partial charge in [-0.2, -0.15) is 13.2 Å². The van der Waals surface area contributed by atoms with E-state index in [2.05, 4.69) is 30.5 Å². The molecule has 0 bridgehead atoms. The third kappa shape index (κ3) is 6.63. The summed E-state index contributed by atoms with van der Waals surface area (Å²) in [6.45, 7) is 17.3. The van der Waals surface area contributed by atoms with Crippen molar-refractivity contribution in [2.45, 2.75) is 45.8 Å². The van der Waals surface area contributed by atoms with Crippen LogP contribution in [0.25, 0.3) is 0 Å². The molecule has 4 N–H and O–H groups in total. The van der Waals surface area contributed by atoms with Crippen LogP contribution in [0.1, 0.15) is 33.6 Å². The van der Waals surface area contributed by atoms with Crippen LogP contribution < -0.4 is 16.5 Å². The highest BCUT2D eigenvalue weighted by Crippen LogP contribution is 2.33. The summed E-state index contributed by atoms with van der Waals surface area (Å²) in [7, 11) is 0. The smallest absolute Gasteiger partial charge is 0.399 e. The van der Waals surface area contributed by atoms with Crippen molar-refractivity contribution in [1.29, 1.82) is 0 Å². The Kier molecular flexibility index (Phi) is 10.5. The van der Waals surface area contributed by atoms with E-state index >= 15 is 0 Å². The van der Waals surface area contributed by atoms with Gasteiger partial charge in [-0.05, 0) is 25.3 Å². The predicted molar refractivity (Wildman–Crippen MR) is 103 cm³/mol. The zero-order valence-corrected chi connectivity index (χ0v) is 15.9. The molecule has 4 nitrogen and oxygen atoms in total. The number of hydrogen-bond acceptors (Lipinski definition) is 4. The van der Waals surface area contributed by atoms with Gasteiger partial charge in [-0.25, -0.2) is 5.43 Å². The molecule has 0 aromatic rings. The summed E-state index contributed by atoms with van der Waals surface area (Å²) >= 11 is 0. The molecule has 1 rings (SSSR count). The minimum atomic E-state index is -4.40. The topological polar surface area (TPSA) is 53.3 Å². The quantitative estimate of drug-likeness (QED) is 0.533. The number of halogens is 3. The number of rotatable bonds is 9. The lowest BCUT2D eigenvalue weighted by Gasteiger charge is -2.33. The van der Waals surface area contributed by atoms with Crippen LogP contribution in [0.2, 0.25) is 0 Å². The fraction of sp³-hybridized carbons (Fsp3) is 0.474. The Morgan fingerprint density at radius 3 is 2.42 bits per heavy atom. The number of nitrogens with zero attached hydrogens (tertiary/aromatic N) is 1. The Bertz CT molecular complexity index is 547. The van der Waals surface area contributed by atoms with Gasteiger partial charge in [0.05, 0.1) is 0 Å². The molecule has 1 atom stereocenters. The molecule has 7 heteroatoms. The van der Waals surface area contributed by atoms with Crippen molar-refractivity contribution in [1.82, 2.24) is 15.8 Å². The Morgan fingerprint density at radius 2 is 2.00 bits per heavy atom. The Morgan fingerprint density at radius 1 is 1.38 bits per heavy atom. The van der Waals surface area contributed by atoms with Crippen LogP contribution in [0.5, 0.6) is 0 Å². The molecular weight excluding hydrogens is 341 g/mol. The van der Waals surface area contributed by atoms with Crippen LogP contribution in [-0.4, -0.2) is 30.3 Å². The first-order valence-electron chi connectivity index (χ1n) is 8.71. The molecule has 1 unspecified atom stereocenters. The molecular formula is C19H31F3N4.